The van der Waals surface area contributed by atoms with Gasteiger partial charge in [0.05, 0.1) is 5.69 Å². The summed E-state index contributed by atoms with van der Waals surface area (Å²) in [6, 6.07) is 6.69. The Hall–Kier alpha value is -1.77. The zero-order valence-corrected chi connectivity index (χ0v) is 11.2. The first-order valence-corrected chi connectivity index (χ1v) is 6.56. The first-order chi connectivity index (χ1) is 8.66. The number of nitrogens with zero attached hydrogens (tertiary/aromatic N) is 2. The zero-order chi connectivity index (χ0) is 12.7. The van der Waals surface area contributed by atoms with Gasteiger partial charge in [0, 0.05) is 23.6 Å². The maximum atomic E-state index is 4.54. The van der Waals surface area contributed by atoms with E-state index in [-0.39, 0.29) is 0 Å². The molecule has 0 bridgehead atoms. The van der Waals surface area contributed by atoms with Gasteiger partial charge >= 0.3 is 0 Å². The van der Waals surface area contributed by atoms with Crippen LogP contribution in [0, 0.1) is 20.8 Å². The molecule has 2 aromatic rings. The molecule has 3 heteroatoms. The lowest BCUT2D eigenvalue weighted by Gasteiger charge is -2.19. The second kappa shape index (κ2) is 4.16. The average molecular weight is 241 g/mol. The molecule has 1 N–H and O–H groups in total. The highest BCUT2D eigenvalue weighted by atomic mass is 15.1. The number of rotatable bonds is 1. The Morgan fingerprint density at radius 2 is 2.06 bits per heavy atom. The first kappa shape index (κ1) is 11.3. The van der Waals surface area contributed by atoms with Crippen LogP contribution in [0.5, 0.6) is 0 Å². The van der Waals surface area contributed by atoms with Crippen molar-refractivity contribution >= 4 is 5.69 Å². The normalized spacial score (nSPS) is 14.2. The van der Waals surface area contributed by atoms with E-state index >= 15 is 0 Å². The van der Waals surface area contributed by atoms with E-state index in [0.29, 0.717) is 0 Å². The highest BCUT2D eigenvalue weighted by Crippen LogP contribution is 2.26. The van der Waals surface area contributed by atoms with E-state index in [1.54, 1.807) is 0 Å². The van der Waals surface area contributed by atoms with Gasteiger partial charge in [0.15, 0.2) is 0 Å². The molecule has 2 heterocycles. The molecule has 3 rings (SSSR count). The topological polar surface area (TPSA) is 29.9 Å². The number of hydrogen-bond acceptors (Lipinski definition) is 2. The fourth-order valence-corrected chi connectivity index (χ4v) is 2.75. The summed E-state index contributed by atoms with van der Waals surface area (Å²) >= 11 is 0. The molecule has 0 saturated carbocycles. The molecule has 1 aliphatic heterocycles. The van der Waals surface area contributed by atoms with Gasteiger partial charge in [-0.2, -0.15) is 0 Å². The van der Waals surface area contributed by atoms with Crippen LogP contribution in [0.25, 0.3) is 5.69 Å². The van der Waals surface area contributed by atoms with E-state index in [4.69, 9.17) is 0 Å². The fraction of sp³-hybridized carbons (Fsp3) is 0.400. The summed E-state index contributed by atoms with van der Waals surface area (Å²) in [5.74, 6) is 1.06. The minimum absolute atomic E-state index is 1.06. The smallest absolute Gasteiger partial charge is 0.110 e. The number of anilines is 1. The monoisotopic (exact) mass is 241 g/mol. The lowest BCUT2D eigenvalue weighted by Crippen LogP contribution is -2.12. The molecule has 1 aromatic carbocycles. The summed E-state index contributed by atoms with van der Waals surface area (Å²) in [5, 5.41) is 3.48. The minimum Gasteiger partial charge on any atom is -0.385 e. The highest BCUT2D eigenvalue weighted by Gasteiger charge is 2.13. The predicted molar refractivity (Wildman–Crippen MR) is 74.6 cm³/mol. The maximum Gasteiger partial charge on any atom is 0.110 e. The van der Waals surface area contributed by atoms with Crippen LogP contribution in [0.15, 0.2) is 18.2 Å². The van der Waals surface area contributed by atoms with Crippen molar-refractivity contribution in [3.05, 3.63) is 41.0 Å². The van der Waals surface area contributed by atoms with Crippen molar-refractivity contribution in [1.82, 2.24) is 9.55 Å². The van der Waals surface area contributed by atoms with Crippen LogP contribution < -0.4 is 5.32 Å². The molecule has 0 aliphatic carbocycles. The third-order valence-electron chi connectivity index (χ3n) is 3.80. The zero-order valence-electron chi connectivity index (χ0n) is 11.2. The molecular formula is C15H19N3. The standard InChI is InChI=1S/C15H19N3/c1-10-11(2)18(12(3)17-10)14-7-6-13-5-4-8-16-15(13)9-14/h6-7,9,16H,4-5,8H2,1-3H3. The highest BCUT2D eigenvalue weighted by molar-refractivity contribution is 5.59. The molecule has 0 radical (unpaired) electrons. The molecule has 0 atom stereocenters. The van der Waals surface area contributed by atoms with E-state index in [1.165, 1.54) is 35.5 Å². The van der Waals surface area contributed by atoms with Crippen molar-refractivity contribution in [1.29, 1.82) is 0 Å². The van der Waals surface area contributed by atoms with Gasteiger partial charge in [-0.3, -0.25) is 0 Å². The third kappa shape index (κ3) is 1.70. The lowest BCUT2D eigenvalue weighted by atomic mass is 10.0. The maximum absolute atomic E-state index is 4.54. The Labute approximate surface area is 108 Å². The molecule has 0 saturated heterocycles. The summed E-state index contributed by atoms with van der Waals surface area (Å²) in [5.41, 5.74) is 6.25. The van der Waals surface area contributed by atoms with Crippen molar-refractivity contribution in [2.75, 3.05) is 11.9 Å². The molecular weight excluding hydrogens is 222 g/mol. The Morgan fingerprint density at radius 1 is 1.22 bits per heavy atom. The molecule has 0 unspecified atom stereocenters. The van der Waals surface area contributed by atoms with Gasteiger partial charge in [-0.05, 0) is 51.3 Å². The quantitative estimate of drug-likeness (QED) is 0.831. The van der Waals surface area contributed by atoms with Crippen LogP contribution in [0.4, 0.5) is 5.69 Å². The van der Waals surface area contributed by atoms with Gasteiger partial charge in [-0.25, -0.2) is 4.98 Å². The van der Waals surface area contributed by atoms with Gasteiger partial charge < -0.3 is 9.88 Å². The van der Waals surface area contributed by atoms with E-state index in [2.05, 4.69) is 53.8 Å². The van der Waals surface area contributed by atoms with Crippen LogP contribution in [0.1, 0.15) is 29.2 Å². The molecule has 3 nitrogen and oxygen atoms in total. The second-order valence-corrected chi connectivity index (χ2v) is 5.04. The molecule has 1 aromatic heterocycles. The Morgan fingerprint density at radius 3 is 2.78 bits per heavy atom. The molecule has 1 aliphatic rings. The van der Waals surface area contributed by atoms with Crippen LogP contribution in [-0.4, -0.2) is 16.1 Å². The predicted octanol–water partition coefficient (Wildman–Crippen LogP) is 3.16. The third-order valence-corrected chi connectivity index (χ3v) is 3.80. The van der Waals surface area contributed by atoms with E-state index in [1.807, 2.05) is 0 Å². The van der Waals surface area contributed by atoms with Crippen molar-refractivity contribution in [2.45, 2.75) is 33.6 Å². The summed E-state index contributed by atoms with van der Waals surface area (Å²) in [7, 11) is 0. The Kier molecular flexibility index (Phi) is 2.62. The van der Waals surface area contributed by atoms with Gasteiger partial charge in [0.25, 0.3) is 0 Å². The number of nitrogens with one attached hydrogen (secondary N) is 1. The van der Waals surface area contributed by atoms with Gasteiger partial charge in [-0.1, -0.05) is 6.07 Å². The minimum atomic E-state index is 1.06. The second-order valence-electron chi connectivity index (χ2n) is 5.04. The van der Waals surface area contributed by atoms with Gasteiger partial charge in [-0.15, -0.1) is 0 Å². The molecule has 0 amide bonds. The van der Waals surface area contributed by atoms with Crippen molar-refractivity contribution in [2.24, 2.45) is 0 Å². The number of hydrogen-bond donors (Lipinski definition) is 1. The summed E-state index contributed by atoms with van der Waals surface area (Å²) in [4.78, 5) is 4.54. The molecule has 18 heavy (non-hydrogen) atoms. The SMILES string of the molecule is Cc1nc(C)n(-c2ccc3c(c2)NCCC3)c1C. The fourth-order valence-electron chi connectivity index (χ4n) is 2.75. The van der Waals surface area contributed by atoms with Gasteiger partial charge in [0.1, 0.15) is 5.82 Å². The summed E-state index contributed by atoms with van der Waals surface area (Å²) in [6.45, 7) is 7.34. The molecule has 0 spiro atoms. The van der Waals surface area contributed by atoms with Crippen molar-refractivity contribution < 1.29 is 0 Å². The molecule has 0 fully saturated rings. The van der Waals surface area contributed by atoms with E-state index < -0.39 is 0 Å². The number of benzene rings is 1. The summed E-state index contributed by atoms with van der Waals surface area (Å²) in [6.07, 6.45) is 2.41. The number of imidazole rings is 1. The molecule has 94 valence electrons. The van der Waals surface area contributed by atoms with E-state index in [9.17, 15) is 0 Å². The van der Waals surface area contributed by atoms with Crippen molar-refractivity contribution in [3.8, 4) is 5.69 Å². The van der Waals surface area contributed by atoms with Gasteiger partial charge in [0.2, 0.25) is 0 Å². The lowest BCUT2D eigenvalue weighted by molar-refractivity contribution is 0.827. The van der Waals surface area contributed by atoms with Crippen LogP contribution in [0.3, 0.4) is 0 Å². The average Bonchev–Trinajstić information content (AvgIpc) is 2.63. The van der Waals surface area contributed by atoms with Crippen LogP contribution in [-0.2, 0) is 6.42 Å². The van der Waals surface area contributed by atoms with E-state index in [0.717, 1.165) is 18.1 Å². The number of aromatic nitrogens is 2. The Balaban J connectivity index is 2.12. The first-order valence-electron chi connectivity index (χ1n) is 6.56. The summed E-state index contributed by atoms with van der Waals surface area (Å²) < 4.78 is 2.23. The number of aryl methyl sites for hydroxylation is 3. The number of fused-ring (bicyclic) bond motifs is 1. The van der Waals surface area contributed by atoms with Crippen molar-refractivity contribution in [3.63, 3.8) is 0 Å². The van der Waals surface area contributed by atoms with Crippen LogP contribution in [0.2, 0.25) is 0 Å². The Bertz CT molecular complexity index is 596. The van der Waals surface area contributed by atoms with Crippen LogP contribution >= 0.6 is 0 Å². The largest absolute Gasteiger partial charge is 0.385 e.